The van der Waals surface area contributed by atoms with Gasteiger partial charge in [-0.15, -0.1) is 0 Å². The number of methoxy groups -OCH3 is 1. The first kappa shape index (κ1) is 25.0. The second-order valence-electron chi connectivity index (χ2n) is 7.45. The minimum atomic E-state index is -0.937. The maximum absolute atomic E-state index is 12.2. The van der Waals surface area contributed by atoms with Crippen LogP contribution in [0.4, 0.5) is 5.69 Å². The van der Waals surface area contributed by atoms with Gasteiger partial charge in [0.1, 0.15) is 0 Å². The Morgan fingerprint density at radius 3 is 2.46 bits per heavy atom. The molecule has 3 amide bonds. The number of anilines is 1. The molecule has 0 aromatic heterocycles. The zero-order valence-electron chi connectivity index (χ0n) is 19.4. The van der Waals surface area contributed by atoms with E-state index in [2.05, 4.69) is 21.2 Å². The van der Waals surface area contributed by atoms with Gasteiger partial charge in [-0.1, -0.05) is 48.5 Å². The van der Waals surface area contributed by atoms with Gasteiger partial charge in [0, 0.05) is 17.8 Å². The molecule has 0 saturated heterocycles. The fraction of sp³-hybridized carbons (Fsp3) is 0.154. The van der Waals surface area contributed by atoms with Crippen LogP contribution in [0.3, 0.4) is 0 Å². The quantitative estimate of drug-likeness (QED) is 0.250. The van der Waals surface area contributed by atoms with Gasteiger partial charge < -0.3 is 20.1 Å². The van der Waals surface area contributed by atoms with E-state index in [-0.39, 0.29) is 18.3 Å². The summed E-state index contributed by atoms with van der Waals surface area (Å²) < 4.78 is 11.0. The fourth-order valence-corrected chi connectivity index (χ4v) is 3.06. The van der Waals surface area contributed by atoms with Crippen molar-refractivity contribution in [3.05, 3.63) is 89.5 Å². The van der Waals surface area contributed by atoms with E-state index in [0.717, 1.165) is 11.1 Å². The Morgan fingerprint density at radius 1 is 0.943 bits per heavy atom. The van der Waals surface area contributed by atoms with Crippen LogP contribution in [0.25, 0.3) is 0 Å². The van der Waals surface area contributed by atoms with Gasteiger partial charge in [-0.05, 0) is 42.3 Å². The number of carbonyl (C=O) groups is 3. The number of rotatable bonds is 9. The molecule has 3 aromatic carbocycles. The normalized spacial score (nSPS) is 10.5. The number of benzene rings is 3. The second kappa shape index (κ2) is 12.5. The van der Waals surface area contributed by atoms with Gasteiger partial charge in [0.25, 0.3) is 5.91 Å². The van der Waals surface area contributed by atoms with Crippen molar-refractivity contribution in [2.45, 2.75) is 13.5 Å². The second-order valence-corrected chi connectivity index (χ2v) is 7.45. The molecule has 0 fully saturated rings. The number of aryl methyl sites for hydroxylation is 1. The number of hydrogen-bond donors (Lipinski definition) is 3. The summed E-state index contributed by atoms with van der Waals surface area (Å²) in [6, 6.07) is 21.6. The minimum absolute atomic E-state index is 0.251. The van der Waals surface area contributed by atoms with Crippen LogP contribution >= 0.6 is 0 Å². The van der Waals surface area contributed by atoms with Crippen molar-refractivity contribution in [2.24, 2.45) is 5.10 Å². The van der Waals surface area contributed by atoms with Gasteiger partial charge in [-0.2, -0.15) is 5.10 Å². The zero-order chi connectivity index (χ0) is 25.0. The fourth-order valence-electron chi connectivity index (χ4n) is 3.06. The number of hydrogen-bond acceptors (Lipinski definition) is 6. The summed E-state index contributed by atoms with van der Waals surface area (Å²) in [7, 11) is 1.47. The molecule has 3 rings (SSSR count). The summed E-state index contributed by atoms with van der Waals surface area (Å²) in [4.78, 5) is 36.4. The molecule has 0 atom stereocenters. The van der Waals surface area contributed by atoms with Crippen LogP contribution in [0.15, 0.2) is 77.9 Å². The smallest absolute Gasteiger partial charge is 0.329 e. The molecule has 0 aliphatic heterocycles. The van der Waals surface area contributed by atoms with Crippen molar-refractivity contribution in [3.63, 3.8) is 0 Å². The molecule has 0 radical (unpaired) electrons. The molecule has 0 aliphatic carbocycles. The lowest BCUT2D eigenvalue weighted by molar-refractivity contribution is -0.136. The number of amides is 3. The molecular formula is C26H26N4O5. The third-order valence-electron chi connectivity index (χ3n) is 4.76. The largest absolute Gasteiger partial charge is 0.493 e. The third-order valence-corrected chi connectivity index (χ3v) is 4.76. The third kappa shape index (κ3) is 7.71. The highest BCUT2D eigenvalue weighted by atomic mass is 16.5. The van der Waals surface area contributed by atoms with E-state index in [0.29, 0.717) is 23.5 Å². The van der Waals surface area contributed by atoms with Gasteiger partial charge in [0.05, 0.1) is 13.3 Å². The van der Waals surface area contributed by atoms with Crippen molar-refractivity contribution in [3.8, 4) is 11.5 Å². The summed E-state index contributed by atoms with van der Waals surface area (Å²) >= 11 is 0. The summed E-state index contributed by atoms with van der Waals surface area (Å²) in [5.74, 6) is -1.46. The van der Waals surface area contributed by atoms with Gasteiger partial charge in [0.2, 0.25) is 0 Å². The Labute approximate surface area is 203 Å². The Morgan fingerprint density at radius 2 is 1.71 bits per heavy atom. The topological polar surface area (TPSA) is 118 Å². The average molecular weight is 475 g/mol. The summed E-state index contributed by atoms with van der Waals surface area (Å²) in [6.45, 7) is 2.00. The number of carbonyl (C=O) groups excluding carboxylic acids is 3. The van der Waals surface area contributed by atoms with E-state index in [1.54, 1.807) is 36.4 Å². The van der Waals surface area contributed by atoms with E-state index in [4.69, 9.17) is 9.47 Å². The number of hydrazone groups is 1. The minimum Gasteiger partial charge on any atom is -0.493 e. The highest BCUT2D eigenvalue weighted by Crippen LogP contribution is 2.30. The number of ether oxygens (including phenoxy) is 2. The molecule has 3 aromatic rings. The number of nitrogens with one attached hydrogen (secondary N) is 3. The first-order valence-corrected chi connectivity index (χ1v) is 10.8. The van der Waals surface area contributed by atoms with E-state index in [1.165, 1.54) is 13.3 Å². The lowest BCUT2D eigenvalue weighted by atomic mass is 10.2. The molecule has 180 valence electrons. The highest BCUT2D eigenvalue weighted by Gasteiger charge is 2.14. The van der Waals surface area contributed by atoms with E-state index >= 15 is 0 Å². The van der Waals surface area contributed by atoms with Gasteiger partial charge in [0.15, 0.2) is 18.1 Å². The lowest BCUT2D eigenvalue weighted by Crippen LogP contribution is -2.32. The van der Waals surface area contributed by atoms with Crippen LogP contribution in [0.5, 0.6) is 11.5 Å². The number of nitrogens with zero attached hydrogens (tertiary/aromatic N) is 1. The van der Waals surface area contributed by atoms with Gasteiger partial charge >= 0.3 is 11.8 Å². The maximum Gasteiger partial charge on any atom is 0.329 e. The van der Waals surface area contributed by atoms with Crippen LogP contribution < -0.4 is 25.5 Å². The molecule has 0 heterocycles. The SMILES string of the molecule is COc1cccc(/C=N\NC(=O)C(=O)Nc2cccc(C)c2)c1OCC(=O)NCc1ccccc1. The van der Waals surface area contributed by atoms with E-state index in [1.807, 2.05) is 43.3 Å². The summed E-state index contributed by atoms with van der Waals surface area (Å²) in [6.07, 6.45) is 1.30. The number of para-hydroxylation sites is 1. The van der Waals surface area contributed by atoms with Crippen LogP contribution in [0.2, 0.25) is 0 Å². The molecule has 9 nitrogen and oxygen atoms in total. The summed E-state index contributed by atoms with van der Waals surface area (Å²) in [5, 5.41) is 9.12. The van der Waals surface area contributed by atoms with Crippen molar-refractivity contribution in [1.82, 2.24) is 10.7 Å². The Bertz CT molecular complexity index is 1210. The van der Waals surface area contributed by atoms with Crippen LogP contribution in [0.1, 0.15) is 16.7 Å². The Kier molecular flexibility index (Phi) is 8.95. The standard InChI is InChI=1S/C26H26N4O5/c1-18-8-6-12-21(14-18)29-25(32)26(33)30-28-16-20-11-7-13-22(34-2)24(20)35-17-23(31)27-15-19-9-4-3-5-10-19/h3-14,16H,15,17H2,1-2H3,(H,27,31)(H,29,32)(H,30,33)/b28-16-. The van der Waals surface area contributed by atoms with E-state index < -0.39 is 11.8 Å². The molecular weight excluding hydrogens is 448 g/mol. The van der Waals surface area contributed by atoms with Gasteiger partial charge in [-0.25, -0.2) is 5.43 Å². The molecule has 35 heavy (non-hydrogen) atoms. The van der Waals surface area contributed by atoms with Crippen LogP contribution in [-0.4, -0.2) is 37.7 Å². The zero-order valence-corrected chi connectivity index (χ0v) is 19.4. The average Bonchev–Trinajstić information content (AvgIpc) is 2.87. The summed E-state index contributed by atoms with van der Waals surface area (Å²) in [5.41, 5.74) is 5.03. The Balaban J connectivity index is 1.58. The molecule has 3 N–H and O–H groups in total. The van der Waals surface area contributed by atoms with Crippen LogP contribution in [-0.2, 0) is 20.9 Å². The van der Waals surface area contributed by atoms with Crippen molar-refractivity contribution in [2.75, 3.05) is 19.0 Å². The molecule has 9 heteroatoms. The predicted molar refractivity (Wildman–Crippen MR) is 132 cm³/mol. The van der Waals surface area contributed by atoms with Crippen molar-refractivity contribution >= 4 is 29.6 Å². The van der Waals surface area contributed by atoms with E-state index in [9.17, 15) is 14.4 Å². The van der Waals surface area contributed by atoms with Gasteiger partial charge in [-0.3, -0.25) is 14.4 Å². The molecule has 0 unspecified atom stereocenters. The Hall–Kier alpha value is -4.66. The lowest BCUT2D eigenvalue weighted by Gasteiger charge is -2.13. The van der Waals surface area contributed by atoms with Crippen molar-refractivity contribution in [1.29, 1.82) is 0 Å². The first-order valence-electron chi connectivity index (χ1n) is 10.8. The molecule has 0 spiro atoms. The van der Waals surface area contributed by atoms with Crippen molar-refractivity contribution < 1.29 is 23.9 Å². The molecule has 0 saturated carbocycles. The molecule has 0 aliphatic rings. The molecule has 0 bridgehead atoms. The van der Waals surface area contributed by atoms with Crippen LogP contribution in [0, 0.1) is 6.92 Å². The maximum atomic E-state index is 12.2. The monoisotopic (exact) mass is 474 g/mol. The first-order chi connectivity index (χ1) is 17.0. The predicted octanol–water partition coefficient (Wildman–Crippen LogP) is 2.79. The highest BCUT2D eigenvalue weighted by molar-refractivity contribution is 6.39.